The van der Waals surface area contributed by atoms with Crippen LogP contribution in [0.4, 0.5) is 0 Å². The first-order valence-corrected chi connectivity index (χ1v) is 8.64. The summed E-state index contributed by atoms with van der Waals surface area (Å²) in [7, 11) is 0. The molecule has 0 aromatic rings. The van der Waals surface area contributed by atoms with E-state index in [1.165, 1.54) is 83.5 Å². The molecule has 18 heavy (non-hydrogen) atoms. The molecule has 0 saturated carbocycles. The van der Waals surface area contributed by atoms with Crippen LogP contribution in [0.3, 0.4) is 0 Å². The van der Waals surface area contributed by atoms with Crippen molar-refractivity contribution in [3.63, 3.8) is 0 Å². The summed E-state index contributed by atoms with van der Waals surface area (Å²) >= 11 is 0. The molecule has 0 aliphatic heterocycles. The van der Waals surface area contributed by atoms with Gasteiger partial charge in [-0.2, -0.15) is 0 Å². The van der Waals surface area contributed by atoms with Crippen molar-refractivity contribution in [2.75, 3.05) is 0 Å². The van der Waals surface area contributed by atoms with E-state index in [-0.39, 0.29) is 0 Å². The van der Waals surface area contributed by atoms with Gasteiger partial charge in [-0.3, -0.25) is 0 Å². The largest absolute Gasteiger partial charge is 0.0654 e. The lowest BCUT2D eigenvalue weighted by molar-refractivity contribution is 0.407. The zero-order valence-corrected chi connectivity index (χ0v) is 13.2. The Morgan fingerprint density at radius 2 is 1.17 bits per heavy atom. The van der Waals surface area contributed by atoms with Crippen LogP contribution in [0, 0.1) is 12.8 Å². The van der Waals surface area contributed by atoms with E-state index in [2.05, 4.69) is 20.8 Å². The van der Waals surface area contributed by atoms with Crippen molar-refractivity contribution in [1.29, 1.82) is 0 Å². The highest BCUT2D eigenvalue weighted by atomic mass is 14.1. The quantitative estimate of drug-likeness (QED) is 0.294. The minimum atomic E-state index is 1.01. The van der Waals surface area contributed by atoms with Crippen molar-refractivity contribution in [2.24, 2.45) is 5.92 Å². The molecule has 0 N–H and O–H groups in total. The van der Waals surface area contributed by atoms with Crippen molar-refractivity contribution in [2.45, 2.75) is 104 Å². The van der Waals surface area contributed by atoms with Gasteiger partial charge in [0, 0.05) is 0 Å². The number of hydrogen-bond acceptors (Lipinski definition) is 0. The van der Waals surface area contributed by atoms with Crippen molar-refractivity contribution in [1.82, 2.24) is 0 Å². The third kappa shape index (κ3) is 12.5. The Labute approximate surface area is 117 Å². The van der Waals surface area contributed by atoms with Crippen LogP contribution in [0.5, 0.6) is 0 Å². The molecule has 0 heterocycles. The van der Waals surface area contributed by atoms with Gasteiger partial charge in [0.1, 0.15) is 0 Å². The molecule has 0 heteroatoms. The smallest absolute Gasteiger partial charge is 0.0417 e. The van der Waals surface area contributed by atoms with E-state index < -0.39 is 0 Å². The molecule has 109 valence electrons. The minimum absolute atomic E-state index is 1.01. The molecule has 0 fully saturated rings. The van der Waals surface area contributed by atoms with E-state index in [4.69, 9.17) is 0 Å². The molecular formula is C18H37. The average Bonchev–Trinajstić information content (AvgIpc) is 2.39. The molecule has 0 amide bonds. The first-order chi connectivity index (χ1) is 8.85. The summed E-state index contributed by atoms with van der Waals surface area (Å²) in [5, 5.41) is 0. The molecule has 0 rings (SSSR count). The fraction of sp³-hybridized carbons (Fsp3) is 0.944. The lowest BCUT2D eigenvalue weighted by Crippen LogP contribution is -1.97. The van der Waals surface area contributed by atoms with Gasteiger partial charge in [-0.15, -0.1) is 0 Å². The molecular weight excluding hydrogens is 216 g/mol. The van der Waals surface area contributed by atoms with Crippen LogP contribution in [0.15, 0.2) is 0 Å². The van der Waals surface area contributed by atoms with Gasteiger partial charge < -0.3 is 0 Å². The van der Waals surface area contributed by atoms with Crippen molar-refractivity contribution in [3.05, 3.63) is 6.92 Å². The van der Waals surface area contributed by atoms with Crippen LogP contribution in [0.2, 0.25) is 0 Å². The Morgan fingerprint density at radius 1 is 0.667 bits per heavy atom. The molecule has 0 aromatic carbocycles. The Kier molecular flexibility index (Phi) is 15.1. The Morgan fingerprint density at radius 3 is 1.61 bits per heavy atom. The van der Waals surface area contributed by atoms with Gasteiger partial charge in [0.2, 0.25) is 0 Å². The van der Waals surface area contributed by atoms with E-state index in [1.807, 2.05) is 0 Å². The molecule has 0 aliphatic carbocycles. The molecule has 0 aliphatic rings. The van der Waals surface area contributed by atoms with Crippen LogP contribution in [-0.2, 0) is 0 Å². The maximum absolute atomic E-state index is 3.89. The first kappa shape index (κ1) is 18.0. The van der Waals surface area contributed by atoms with Crippen LogP contribution in [0.25, 0.3) is 0 Å². The fourth-order valence-electron chi connectivity index (χ4n) is 2.81. The molecule has 1 atom stereocenters. The molecule has 0 nitrogen and oxygen atoms in total. The molecule has 0 saturated heterocycles. The summed E-state index contributed by atoms with van der Waals surface area (Å²) in [6.07, 6.45) is 19.8. The number of rotatable bonds is 14. The second-order valence-corrected chi connectivity index (χ2v) is 5.89. The van der Waals surface area contributed by atoms with E-state index in [9.17, 15) is 0 Å². The van der Waals surface area contributed by atoms with Gasteiger partial charge in [0.05, 0.1) is 0 Å². The summed E-state index contributed by atoms with van der Waals surface area (Å²) in [5.41, 5.74) is 0. The second-order valence-electron chi connectivity index (χ2n) is 5.89. The maximum Gasteiger partial charge on any atom is -0.0417 e. The highest BCUT2D eigenvalue weighted by molar-refractivity contribution is 4.57. The fourth-order valence-corrected chi connectivity index (χ4v) is 2.81. The van der Waals surface area contributed by atoms with Gasteiger partial charge in [0.25, 0.3) is 0 Å². The van der Waals surface area contributed by atoms with Gasteiger partial charge in [-0.1, -0.05) is 111 Å². The zero-order chi connectivity index (χ0) is 13.5. The third-order valence-electron chi connectivity index (χ3n) is 4.14. The predicted molar refractivity (Wildman–Crippen MR) is 84.8 cm³/mol. The molecule has 0 bridgehead atoms. The summed E-state index contributed by atoms with van der Waals surface area (Å²) in [6, 6.07) is 0. The highest BCUT2D eigenvalue weighted by Gasteiger charge is 2.03. The van der Waals surface area contributed by atoms with Crippen molar-refractivity contribution in [3.8, 4) is 0 Å². The molecule has 0 spiro atoms. The topological polar surface area (TPSA) is 0 Å². The second kappa shape index (κ2) is 15.1. The standard InChI is InChI=1S/C18H37/c1-4-7-8-9-10-11-12-13-14-15-17-18(6-3)16-5-2/h18H,1,4-17H2,2-3H3. The first-order valence-electron chi connectivity index (χ1n) is 8.64. The zero-order valence-electron chi connectivity index (χ0n) is 13.2. The normalized spacial score (nSPS) is 12.8. The molecule has 1 radical (unpaired) electrons. The lowest BCUT2D eigenvalue weighted by atomic mass is 9.94. The van der Waals surface area contributed by atoms with E-state index in [0.29, 0.717) is 0 Å². The summed E-state index contributed by atoms with van der Waals surface area (Å²) in [5.74, 6) is 1.01. The SMILES string of the molecule is [CH2]CCCCCCCCCCCC(CC)CCC. The Balaban J connectivity index is 3.10. The van der Waals surface area contributed by atoms with Gasteiger partial charge in [-0.25, -0.2) is 0 Å². The Bertz CT molecular complexity index is 139. The molecule has 1 unspecified atom stereocenters. The summed E-state index contributed by atoms with van der Waals surface area (Å²) in [4.78, 5) is 0. The van der Waals surface area contributed by atoms with Gasteiger partial charge >= 0.3 is 0 Å². The van der Waals surface area contributed by atoms with Gasteiger partial charge in [0.15, 0.2) is 0 Å². The minimum Gasteiger partial charge on any atom is -0.0654 e. The monoisotopic (exact) mass is 253 g/mol. The maximum atomic E-state index is 3.89. The van der Waals surface area contributed by atoms with Crippen LogP contribution < -0.4 is 0 Å². The van der Waals surface area contributed by atoms with Crippen molar-refractivity contribution >= 4 is 0 Å². The lowest BCUT2D eigenvalue weighted by Gasteiger charge is -2.12. The van der Waals surface area contributed by atoms with Crippen LogP contribution in [-0.4, -0.2) is 0 Å². The average molecular weight is 253 g/mol. The third-order valence-corrected chi connectivity index (χ3v) is 4.14. The summed E-state index contributed by atoms with van der Waals surface area (Å²) < 4.78 is 0. The highest BCUT2D eigenvalue weighted by Crippen LogP contribution is 2.19. The van der Waals surface area contributed by atoms with Crippen molar-refractivity contribution < 1.29 is 0 Å². The van der Waals surface area contributed by atoms with Crippen LogP contribution in [0.1, 0.15) is 104 Å². The Hall–Kier alpha value is 0. The number of unbranched alkanes of at least 4 members (excludes halogenated alkanes) is 9. The van der Waals surface area contributed by atoms with E-state index in [0.717, 1.165) is 12.3 Å². The number of hydrogen-bond donors (Lipinski definition) is 0. The van der Waals surface area contributed by atoms with Crippen LogP contribution >= 0.6 is 0 Å². The van der Waals surface area contributed by atoms with Gasteiger partial charge in [-0.05, 0) is 5.92 Å². The van der Waals surface area contributed by atoms with E-state index in [1.54, 1.807) is 0 Å². The molecule has 0 aromatic heterocycles. The predicted octanol–water partition coefficient (Wildman–Crippen LogP) is 6.94. The summed E-state index contributed by atoms with van der Waals surface area (Å²) in [6.45, 7) is 8.56. The van der Waals surface area contributed by atoms with E-state index >= 15 is 0 Å².